The molecule has 4 nitrogen and oxygen atoms in total. The van der Waals surface area contributed by atoms with Crippen molar-refractivity contribution in [3.8, 4) is 0 Å². The van der Waals surface area contributed by atoms with Gasteiger partial charge in [-0.1, -0.05) is 28.1 Å². The number of amides is 1. The molecule has 0 bridgehead atoms. The molecule has 1 aliphatic heterocycles. The number of rotatable bonds is 5. The minimum absolute atomic E-state index is 0.271. The Hall–Kier alpha value is -0.910. The van der Waals surface area contributed by atoms with Crippen molar-refractivity contribution in [2.75, 3.05) is 39.8 Å². The molecule has 1 saturated heterocycles. The number of hydrogen-bond acceptors (Lipinski definition) is 3. The Morgan fingerprint density at radius 1 is 1.40 bits per heavy atom. The maximum absolute atomic E-state index is 12.1. The molecule has 2 rings (SSSR count). The number of nitrogens with one attached hydrogen (secondary N) is 1. The number of carbonyl (C=O) groups excluding carboxylic acids is 1. The van der Waals surface area contributed by atoms with E-state index in [-0.39, 0.29) is 5.91 Å². The van der Waals surface area contributed by atoms with Gasteiger partial charge in [-0.15, -0.1) is 0 Å². The standard InChI is InChI=1S/C15H22BrN3O/c1-18(12-13-3-2-4-14(16)11-13)8-5-15(20)19-9-6-17-7-10-19/h2-4,11,17H,5-10,12H2,1H3. The van der Waals surface area contributed by atoms with Crippen LogP contribution in [0.5, 0.6) is 0 Å². The van der Waals surface area contributed by atoms with Crippen molar-refractivity contribution in [1.29, 1.82) is 0 Å². The van der Waals surface area contributed by atoms with Crippen molar-refractivity contribution in [2.45, 2.75) is 13.0 Å². The van der Waals surface area contributed by atoms with Crippen molar-refractivity contribution < 1.29 is 4.79 Å². The summed E-state index contributed by atoms with van der Waals surface area (Å²) in [5, 5.41) is 3.26. The molecule has 0 aromatic heterocycles. The lowest BCUT2D eigenvalue weighted by Gasteiger charge is -2.28. The van der Waals surface area contributed by atoms with Crippen molar-refractivity contribution in [3.05, 3.63) is 34.3 Å². The van der Waals surface area contributed by atoms with E-state index in [2.05, 4.69) is 45.3 Å². The van der Waals surface area contributed by atoms with Crippen LogP contribution in [0, 0.1) is 0 Å². The summed E-state index contributed by atoms with van der Waals surface area (Å²) >= 11 is 3.48. The zero-order chi connectivity index (χ0) is 14.4. The highest BCUT2D eigenvalue weighted by molar-refractivity contribution is 9.10. The van der Waals surface area contributed by atoms with Crippen LogP contribution in [0.15, 0.2) is 28.7 Å². The van der Waals surface area contributed by atoms with E-state index < -0.39 is 0 Å². The first-order valence-corrected chi connectivity index (χ1v) is 7.86. The molecular weight excluding hydrogens is 318 g/mol. The predicted molar refractivity (Wildman–Crippen MR) is 84.5 cm³/mol. The van der Waals surface area contributed by atoms with Crippen molar-refractivity contribution in [1.82, 2.24) is 15.1 Å². The molecule has 1 aromatic rings. The Bertz CT molecular complexity index is 446. The third-order valence-electron chi connectivity index (χ3n) is 3.52. The summed E-state index contributed by atoms with van der Waals surface area (Å²) in [6, 6.07) is 8.30. The van der Waals surface area contributed by atoms with Crippen molar-refractivity contribution in [3.63, 3.8) is 0 Å². The molecule has 1 N–H and O–H groups in total. The van der Waals surface area contributed by atoms with Crippen molar-refractivity contribution in [2.24, 2.45) is 0 Å². The number of benzene rings is 1. The fraction of sp³-hybridized carbons (Fsp3) is 0.533. The van der Waals surface area contributed by atoms with E-state index in [0.717, 1.165) is 43.7 Å². The van der Waals surface area contributed by atoms with E-state index in [9.17, 15) is 4.79 Å². The Labute approximate surface area is 129 Å². The lowest BCUT2D eigenvalue weighted by molar-refractivity contribution is -0.132. The second kappa shape index (κ2) is 7.76. The van der Waals surface area contributed by atoms with Gasteiger partial charge in [-0.3, -0.25) is 4.79 Å². The largest absolute Gasteiger partial charge is 0.340 e. The Kier molecular flexibility index (Phi) is 6.01. The maximum atomic E-state index is 12.1. The second-order valence-corrected chi connectivity index (χ2v) is 6.16. The fourth-order valence-electron chi connectivity index (χ4n) is 2.38. The van der Waals surface area contributed by atoms with Gasteiger partial charge < -0.3 is 15.1 Å². The monoisotopic (exact) mass is 339 g/mol. The van der Waals surface area contributed by atoms with Crippen LogP contribution in [-0.2, 0) is 11.3 Å². The maximum Gasteiger partial charge on any atom is 0.223 e. The average Bonchev–Trinajstić information content (AvgIpc) is 2.46. The smallest absolute Gasteiger partial charge is 0.223 e. The molecule has 0 radical (unpaired) electrons. The summed E-state index contributed by atoms with van der Waals surface area (Å²) in [5.74, 6) is 0.271. The molecule has 0 aliphatic carbocycles. The molecule has 1 fully saturated rings. The van der Waals surface area contributed by atoms with Crippen LogP contribution in [-0.4, -0.2) is 55.5 Å². The molecule has 1 amide bonds. The topological polar surface area (TPSA) is 35.6 Å². The second-order valence-electron chi connectivity index (χ2n) is 5.25. The summed E-state index contributed by atoms with van der Waals surface area (Å²) in [4.78, 5) is 16.2. The molecule has 1 aromatic carbocycles. The molecular formula is C15H22BrN3O. The number of carbonyl (C=O) groups is 1. The zero-order valence-electron chi connectivity index (χ0n) is 11.9. The van der Waals surface area contributed by atoms with Crippen LogP contribution >= 0.6 is 15.9 Å². The molecule has 1 heterocycles. The first-order valence-electron chi connectivity index (χ1n) is 7.06. The normalized spacial score (nSPS) is 15.7. The predicted octanol–water partition coefficient (Wildman–Crippen LogP) is 1.70. The first-order chi connectivity index (χ1) is 9.65. The summed E-state index contributed by atoms with van der Waals surface area (Å²) in [7, 11) is 2.06. The summed E-state index contributed by atoms with van der Waals surface area (Å²) < 4.78 is 1.10. The number of nitrogens with zero attached hydrogens (tertiary/aromatic N) is 2. The van der Waals surface area contributed by atoms with Crippen LogP contribution in [0.2, 0.25) is 0 Å². The fourth-order valence-corrected chi connectivity index (χ4v) is 2.83. The molecule has 0 atom stereocenters. The van der Waals surface area contributed by atoms with E-state index in [4.69, 9.17) is 0 Å². The van der Waals surface area contributed by atoms with E-state index in [1.54, 1.807) is 0 Å². The van der Waals surface area contributed by atoms with Gasteiger partial charge in [0.1, 0.15) is 0 Å². The highest BCUT2D eigenvalue weighted by Crippen LogP contribution is 2.13. The van der Waals surface area contributed by atoms with Crippen LogP contribution in [0.3, 0.4) is 0 Å². The molecule has 0 unspecified atom stereocenters. The molecule has 110 valence electrons. The number of hydrogen-bond donors (Lipinski definition) is 1. The number of piperazine rings is 1. The molecule has 5 heteroatoms. The molecule has 1 aliphatic rings. The van der Waals surface area contributed by atoms with E-state index in [1.165, 1.54) is 5.56 Å². The summed E-state index contributed by atoms with van der Waals surface area (Å²) in [6.07, 6.45) is 0.602. The lowest BCUT2D eigenvalue weighted by Crippen LogP contribution is -2.47. The summed E-state index contributed by atoms with van der Waals surface area (Å²) in [5.41, 5.74) is 1.26. The van der Waals surface area contributed by atoms with Gasteiger partial charge in [0.05, 0.1) is 0 Å². The van der Waals surface area contributed by atoms with Crippen LogP contribution in [0.4, 0.5) is 0 Å². The first kappa shape index (κ1) is 15.5. The third-order valence-corrected chi connectivity index (χ3v) is 4.01. The van der Waals surface area contributed by atoms with Crippen LogP contribution < -0.4 is 5.32 Å². The zero-order valence-corrected chi connectivity index (χ0v) is 13.5. The van der Waals surface area contributed by atoms with Gasteiger partial charge in [0, 0.05) is 50.2 Å². The van der Waals surface area contributed by atoms with E-state index in [1.807, 2.05) is 17.0 Å². The highest BCUT2D eigenvalue weighted by atomic mass is 79.9. The average molecular weight is 340 g/mol. The minimum Gasteiger partial charge on any atom is -0.340 e. The van der Waals surface area contributed by atoms with Crippen molar-refractivity contribution >= 4 is 21.8 Å². The van der Waals surface area contributed by atoms with Gasteiger partial charge in [-0.05, 0) is 24.7 Å². The Balaban J connectivity index is 1.74. The van der Waals surface area contributed by atoms with E-state index in [0.29, 0.717) is 6.42 Å². The van der Waals surface area contributed by atoms with Gasteiger partial charge in [-0.2, -0.15) is 0 Å². The SMILES string of the molecule is CN(CCC(=O)N1CCNCC1)Cc1cccc(Br)c1. The summed E-state index contributed by atoms with van der Waals surface area (Å²) in [6.45, 7) is 5.19. The Morgan fingerprint density at radius 3 is 2.85 bits per heavy atom. The lowest BCUT2D eigenvalue weighted by atomic mass is 10.2. The third kappa shape index (κ3) is 4.89. The van der Waals surface area contributed by atoms with Crippen LogP contribution in [0.25, 0.3) is 0 Å². The van der Waals surface area contributed by atoms with Gasteiger partial charge in [-0.25, -0.2) is 0 Å². The number of halogens is 1. The van der Waals surface area contributed by atoms with Gasteiger partial charge in [0.2, 0.25) is 5.91 Å². The molecule has 0 spiro atoms. The van der Waals surface area contributed by atoms with Gasteiger partial charge >= 0.3 is 0 Å². The highest BCUT2D eigenvalue weighted by Gasteiger charge is 2.16. The molecule has 20 heavy (non-hydrogen) atoms. The Morgan fingerprint density at radius 2 is 2.15 bits per heavy atom. The van der Waals surface area contributed by atoms with Gasteiger partial charge in [0.25, 0.3) is 0 Å². The van der Waals surface area contributed by atoms with E-state index >= 15 is 0 Å². The van der Waals surface area contributed by atoms with Crippen LogP contribution in [0.1, 0.15) is 12.0 Å². The molecule has 0 saturated carbocycles. The minimum atomic E-state index is 0.271. The quantitative estimate of drug-likeness (QED) is 0.886. The van der Waals surface area contributed by atoms with Gasteiger partial charge in [0.15, 0.2) is 0 Å².